The molecule has 292 valence electrons. The van der Waals surface area contributed by atoms with Crippen LogP contribution in [0.3, 0.4) is 0 Å². The molecule has 0 unspecified atom stereocenters. The fourth-order valence-electron chi connectivity index (χ4n) is 7.83. The fourth-order valence-corrected chi connectivity index (χ4v) is 8.48. The van der Waals surface area contributed by atoms with E-state index in [2.05, 4.69) is 17.0 Å². The van der Waals surface area contributed by atoms with E-state index >= 15 is 0 Å². The summed E-state index contributed by atoms with van der Waals surface area (Å²) in [7, 11) is -0.234. The zero-order chi connectivity index (χ0) is 39.7. The minimum absolute atomic E-state index is 0.0730. The van der Waals surface area contributed by atoms with Crippen LogP contribution in [0.4, 0.5) is 5.69 Å². The van der Waals surface area contributed by atoms with Gasteiger partial charge in [-0.3, -0.25) is 14.5 Å². The number of hydrogen-bond acceptors (Lipinski definition) is 8. The lowest BCUT2D eigenvalue weighted by atomic mass is 9.92. The van der Waals surface area contributed by atoms with E-state index in [1.54, 1.807) is 42.3 Å². The van der Waals surface area contributed by atoms with Crippen molar-refractivity contribution in [3.8, 4) is 22.8 Å². The number of sulfone groups is 1. The first kappa shape index (κ1) is 38.8. The first-order chi connectivity index (χ1) is 26.8. The summed E-state index contributed by atoms with van der Waals surface area (Å²) < 4.78 is 39.0. The van der Waals surface area contributed by atoms with E-state index in [0.29, 0.717) is 72.2 Å². The lowest BCUT2D eigenvalue weighted by Crippen LogP contribution is -2.52. The van der Waals surface area contributed by atoms with Crippen LogP contribution in [0.5, 0.6) is 11.5 Å². The van der Waals surface area contributed by atoms with Crippen molar-refractivity contribution in [1.82, 2.24) is 14.4 Å². The Labute approximate surface area is 328 Å². The Morgan fingerprint density at radius 3 is 2.32 bits per heavy atom. The van der Waals surface area contributed by atoms with Crippen molar-refractivity contribution >= 4 is 27.3 Å². The summed E-state index contributed by atoms with van der Waals surface area (Å²) in [6, 6.07) is 26.6. The summed E-state index contributed by atoms with van der Waals surface area (Å²) in [5.41, 5.74) is 6.97. The van der Waals surface area contributed by atoms with E-state index in [1.807, 2.05) is 60.7 Å². The van der Waals surface area contributed by atoms with Gasteiger partial charge < -0.3 is 28.9 Å². The number of carbonyl (C=O) groups excluding carboxylic acids is 2. The Balaban J connectivity index is 1.31. The Morgan fingerprint density at radius 1 is 0.911 bits per heavy atom. The number of aromatic nitrogens is 1. The second-order valence-corrected chi connectivity index (χ2v) is 16.7. The van der Waals surface area contributed by atoms with Gasteiger partial charge in [0, 0.05) is 73.7 Å². The third-order valence-electron chi connectivity index (χ3n) is 11.2. The van der Waals surface area contributed by atoms with Gasteiger partial charge >= 0.3 is 0 Å². The van der Waals surface area contributed by atoms with Crippen molar-refractivity contribution in [2.75, 3.05) is 51.1 Å². The first-order valence-corrected chi connectivity index (χ1v) is 20.6. The van der Waals surface area contributed by atoms with E-state index in [1.165, 1.54) is 23.8 Å². The number of nitrogens with zero attached hydrogens (tertiary/aromatic N) is 4. The molecule has 0 bridgehead atoms. The number of rotatable bonds is 10. The number of anilines is 1. The summed E-state index contributed by atoms with van der Waals surface area (Å²) in [4.78, 5) is 35.7. The maximum Gasteiger partial charge on any atom is 0.260 e. The molecule has 0 aliphatic carbocycles. The standard InChI is InChI=1S/C44H48N4O7S/c1-29-32(11-8-12-42(29)54-4)26-47(34-13-15-36(49)16-14-34)44(51)39-25-41(45(3)30(39)2)40-24-37(56(5,52)53)17-18-38(40)43(50)48-27-33-10-7-6-9-31(33)23-35(48)28-46-19-21-55-22-20-46/h6-18,24-25,35,49H,19-23,26-28H2,1-5H3/t35-/m0/s1. The number of ether oxygens (including phenoxy) is 2. The van der Waals surface area contributed by atoms with Crippen LogP contribution in [0, 0.1) is 13.8 Å². The zero-order valence-corrected chi connectivity index (χ0v) is 33.3. The third kappa shape index (κ3) is 7.82. The van der Waals surface area contributed by atoms with Gasteiger partial charge in [0.25, 0.3) is 11.8 Å². The molecule has 56 heavy (non-hydrogen) atoms. The molecular weight excluding hydrogens is 729 g/mol. The topological polar surface area (TPSA) is 122 Å². The number of amides is 2. The zero-order valence-electron chi connectivity index (χ0n) is 32.5. The summed E-state index contributed by atoms with van der Waals surface area (Å²) in [6.07, 6.45) is 1.84. The van der Waals surface area contributed by atoms with Gasteiger partial charge in [-0.2, -0.15) is 0 Å². The predicted molar refractivity (Wildman–Crippen MR) is 216 cm³/mol. The molecule has 1 aromatic heterocycles. The highest BCUT2D eigenvalue weighted by Gasteiger charge is 2.34. The quantitative estimate of drug-likeness (QED) is 0.179. The molecule has 0 saturated carbocycles. The van der Waals surface area contributed by atoms with Crippen LogP contribution in [0.2, 0.25) is 0 Å². The number of morpholine rings is 1. The highest BCUT2D eigenvalue weighted by molar-refractivity contribution is 7.90. The van der Waals surface area contributed by atoms with Crippen molar-refractivity contribution in [2.45, 2.75) is 44.3 Å². The van der Waals surface area contributed by atoms with Crippen LogP contribution in [-0.4, -0.2) is 92.0 Å². The van der Waals surface area contributed by atoms with Crippen LogP contribution in [0.1, 0.15) is 48.7 Å². The molecule has 2 amide bonds. The number of fused-ring (bicyclic) bond motifs is 1. The molecule has 0 radical (unpaired) electrons. The molecule has 3 heterocycles. The molecule has 12 heteroatoms. The molecule has 5 aromatic rings. The molecular formula is C44H48N4O7S. The van der Waals surface area contributed by atoms with Gasteiger partial charge in [-0.05, 0) is 97.1 Å². The Hall–Kier alpha value is -5.43. The highest BCUT2D eigenvalue weighted by Crippen LogP contribution is 2.35. The van der Waals surface area contributed by atoms with Crippen molar-refractivity contribution in [2.24, 2.45) is 7.05 Å². The first-order valence-electron chi connectivity index (χ1n) is 18.8. The summed E-state index contributed by atoms with van der Waals surface area (Å²) in [5, 5.41) is 10.1. The maximum absolute atomic E-state index is 15.0. The molecule has 4 aromatic carbocycles. The van der Waals surface area contributed by atoms with Gasteiger partial charge in [-0.1, -0.05) is 36.4 Å². The average molecular weight is 777 g/mol. The number of phenolic OH excluding ortho intramolecular Hbond substituents is 1. The number of aromatic hydroxyl groups is 1. The van der Waals surface area contributed by atoms with Gasteiger partial charge in [0.05, 0.1) is 37.3 Å². The van der Waals surface area contributed by atoms with Gasteiger partial charge in [0.2, 0.25) is 0 Å². The lowest BCUT2D eigenvalue weighted by Gasteiger charge is -2.40. The Morgan fingerprint density at radius 2 is 1.62 bits per heavy atom. The van der Waals surface area contributed by atoms with Crippen LogP contribution >= 0.6 is 0 Å². The largest absolute Gasteiger partial charge is 0.508 e. The van der Waals surface area contributed by atoms with E-state index < -0.39 is 9.84 Å². The predicted octanol–water partition coefficient (Wildman–Crippen LogP) is 6.17. The molecule has 1 saturated heterocycles. The van der Waals surface area contributed by atoms with E-state index in [0.717, 1.165) is 36.0 Å². The Bertz CT molecular complexity index is 2380. The van der Waals surface area contributed by atoms with Gasteiger partial charge in [0.15, 0.2) is 9.84 Å². The summed E-state index contributed by atoms with van der Waals surface area (Å²) >= 11 is 0. The number of phenols is 1. The van der Waals surface area contributed by atoms with Gasteiger partial charge in [0.1, 0.15) is 11.5 Å². The minimum Gasteiger partial charge on any atom is -0.508 e. The molecule has 2 aliphatic rings. The SMILES string of the molecule is COc1cccc(CN(C(=O)c2cc(-c3cc(S(C)(=O)=O)ccc3C(=O)N3Cc4ccccc4C[C@H]3CN3CCOCC3)n(C)c2C)c2ccc(O)cc2)c1C. The smallest absolute Gasteiger partial charge is 0.260 e. The molecule has 7 rings (SSSR count). The van der Waals surface area contributed by atoms with E-state index in [-0.39, 0.29) is 35.0 Å². The fraction of sp³-hybridized carbons (Fsp3) is 0.318. The molecule has 2 aliphatic heterocycles. The number of methoxy groups -OCH3 is 1. The average Bonchev–Trinajstić information content (AvgIpc) is 3.49. The number of carbonyl (C=O) groups is 2. The molecule has 1 N–H and O–H groups in total. The van der Waals surface area contributed by atoms with Gasteiger partial charge in [-0.25, -0.2) is 8.42 Å². The van der Waals surface area contributed by atoms with Gasteiger partial charge in [-0.15, -0.1) is 0 Å². The molecule has 11 nitrogen and oxygen atoms in total. The molecule has 1 fully saturated rings. The van der Waals surface area contributed by atoms with Crippen molar-refractivity contribution in [3.63, 3.8) is 0 Å². The lowest BCUT2D eigenvalue weighted by molar-refractivity contribution is 0.0193. The number of benzene rings is 4. The summed E-state index contributed by atoms with van der Waals surface area (Å²) in [6.45, 7) is 7.95. The number of hydrogen-bond donors (Lipinski definition) is 1. The summed E-state index contributed by atoms with van der Waals surface area (Å²) in [5.74, 6) is 0.261. The van der Waals surface area contributed by atoms with Crippen LogP contribution in [0.15, 0.2) is 95.9 Å². The van der Waals surface area contributed by atoms with Crippen molar-refractivity contribution in [3.05, 3.63) is 130 Å². The molecule has 0 spiro atoms. The monoisotopic (exact) mass is 776 g/mol. The third-order valence-corrected chi connectivity index (χ3v) is 12.3. The van der Waals surface area contributed by atoms with Crippen LogP contribution in [0.25, 0.3) is 11.3 Å². The van der Waals surface area contributed by atoms with E-state index in [9.17, 15) is 23.1 Å². The van der Waals surface area contributed by atoms with Crippen LogP contribution < -0.4 is 9.64 Å². The normalized spacial score (nSPS) is 16.0. The maximum atomic E-state index is 15.0. The molecule has 1 atom stereocenters. The minimum atomic E-state index is -3.66. The Kier molecular flexibility index (Phi) is 11.1. The van der Waals surface area contributed by atoms with Crippen molar-refractivity contribution < 1.29 is 32.6 Å². The van der Waals surface area contributed by atoms with E-state index in [4.69, 9.17) is 9.47 Å². The second-order valence-electron chi connectivity index (χ2n) is 14.7. The van der Waals surface area contributed by atoms with Crippen LogP contribution in [-0.2, 0) is 41.1 Å². The van der Waals surface area contributed by atoms with Crippen molar-refractivity contribution in [1.29, 1.82) is 0 Å². The second kappa shape index (κ2) is 16.0. The highest BCUT2D eigenvalue weighted by atomic mass is 32.2.